The summed E-state index contributed by atoms with van der Waals surface area (Å²) in [6, 6.07) is 0. The van der Waals surface area contributed by atoms with Gasteiger partial charge < -0.3 is 0 Å². The second-order valence-corrected chi connectivity index (χ2v) is 2.51. The van der Waals surface area contributed by atoms with Crippen LogP contribution < -0.4 is 0 Å². The van der Waals surface area contributed by atoms with Crippen LogP contribution in [0.3, 0.4) is 0 Å². The van der Waals surface area contributed by atoms with Crippen LogP contribution in [0, 0.1) is 0 Å². The van der Waals surface area contributed by atoms with E-state index in [-0.39, 0.29) is 0 Å². The molecule has 0 spiro atoms. The van der Waals surface area contributed by atoms with E-state index < -0.39 is 4.70 Å². The number of rotatable bonds is 0. The van der Waals surface area contributed by atoms with E-state index in [2.05, 4.69) is 35.4 Å². The molecule has 0 aromatic carbocycles. The molecule has 1 nitrogen and oxygen atoms in total. The van der Waals surface area contributed by atoms with Crippen LogP contribution in [0.5, 0.6) is 0 Å². The van der Waals surface area contributed by atoms with Gasteiger partial charge >= 0.3 is 4.70 Å². The molecule has 0 aromatic heterocycles. The maximum absolute atomic E-state index is 8.98. The molecule has 0 aliphatic heterocycles. The molecular formula is C6H8Cl2O. The van der Waals surface area contributed by atoms with Gasteiger partial charge in [0.05, 0.1) is 0 Å². The van der Waals surface area contributed by atoms with Crippen molar-refractivity contribution in [2.45, 2.75) is 19.3 Å². The summed E-state index contributed by atoms with van der Waals surface area (Å²) in [5.41, 5.74) is 0. The highest BCUT2D eigenvalue weighted by Gasteiger charge is 1.84. The third kappa shape index (κ3) is 11.5. The standard InChI is InChI=1S/C5H8.CCl2O/c1-2-4-5-3-1;2-1(3)4/h1-2H,3-5H2;. The lowest BCUT2D eigenvalue weighted by atomic mass is 10.4. The highest BCUT2D eigenvalue weighted by Crippen LogP contribution is 2.05. The molecule has 0 aromatic rings. The molecule has 3 heteroatoms. The molecule has 1 aliphatic rings. The summed E-state index contributed by atoms with van der Waals surface area (Å²) in [5, 5.41) is 0. The first kappa shape index (κ1) is 8.99. The van der Waals surface area contributed by atoms with Gasteiger partial charge in [-0.3, -0.25) is 4.79 Å². The van der Waals surface area contributed by atoms with Gasteiger partial charge in [-0.15, -0.1) is 0 Å². The molecule has 0 atom stereocenters. The van der Waals surface area contributed by atoms with E-state index in [4.69, 9.17) is 4.79 Å². The Morgan fingerprint density at radius 1 is 1.22 bits per heavy atom. The summed E-state index contributed by atoms with van der Waals surface area (Å²) < 4.78 is -0.889. The molecule has 0 fully saturated rings. The van der Waals surface area contributed by atoms with Crippen LogP contribution >= 0.6 is 23.2 Å². The lowest BCUT2D eigenvalue weighted by Crippen LogP contribution is -1.50. The van der Waals surface area contributed by atoms with Gasteiger partial charge in [0.15, 0.2) is 0 Å². The van der Waals surface area contributed by atoms with E-state index in [9.17, 15) is 0 Å². The minimum absolute atomic E-state index is 0.889. The van der Waals surface area contributed by atoms with Crippen LogP contribution in [0.2, 0.25) is 0 Å². The second kappa shape index (κ2) is 6.12. The summed E-state index contributed by atoms with van der Waals surface area (Å²) in [6.07, 6.45) is 8.50. The van der Waals surface area contributed by atoms with E-state index >= 15 is 0 Å². The van der Waals surface area contributed by atoms with Gasteiger partial charge in [0.25, 0.3) is 0 Å². The van der Waals surface area contributed by atoms with Crippen molar-refractivity contribution in [2.75, 3.05) is 0 Å². The summed E-state index contributed by atoms with van der Waals surface area (Å²) in [5.74, 6) is 0. The summed E-state index contributed by atoms with van der Waals surface area (Å²) in [7, 11) is 0. The largest absolute Gasteiger partial charge is 0.313 e. The van der Waals surface area contributed by atoms with E-state index in [1.54, 1.807) is 0 Å². The topological polar surface area (TPSA) is 17.1 Å². The average molecular weight is 167 g/mol. The molecule has 0 saturated heterocycles. The molecule has 0 heterocycles. The zero-order chi connectivity index (χ0) is 7.11. The first-order valence-corrected chi connectivity index (χ1v) is 3.49. The number of hydrogen-bond donors (Lipinski definition) is 0. The average Bonchev–Trinajstić information content (AvgIpc) is 2.11. The predicted molar refractivity (Wildman–Crippen MR) is 40.1 cm³/mol. The number of halogens is 2. The van der Waals surface area contributed by atoms with Gasteiger partial charge in [0.1, 0.15) is 0 Å². The van der Waals surface area contributed by atoms with Crippen LogP contribution in [0.25, 0.3) is 0 Å². The minimum Gasteiger partial charge on any atom is -0.262 e. The van der Waals surface area contributed by atoms with Gasteiger partial charge in [-0.05, 0) is 42.5 Å². The molecule has 0 radical (unpaired) electrons. The summed E-state index contributed by atoms with van der Waals surface area (Å²) in [6.45, 7) is 0. The Kier molecular flexibility index (Phi) is 6.11. The Bertz CT molecular complexity index is 99.6. The fraction of sp³-hybridized carbons (Fsp3) is 0.500. The number of carbonyl (C=O) groups is 1. The lowest BCUT2D eigenvalue weighted by molar-refractivity contribution is 0.275. The second-order valence-electron chi connectivity index (χ2n) is 1.63. The van der Waals surface area contributed by atoms with Gasteiger partial charge in [-0.1, -0.05) is 12.2 Å². The van der Waals surface area contributed by atoms with E-state index in [0.717, 1.165) is 0 Å². The van der Waals surface area contributed by atoms with Crippen molar-refractivity contribution in [1.82, 2.24) is 0 Å². The van der Waals surface area contributed by atoms with Gasteiger partial charge in [0.2, 0.25) is 0 Å². The van der Waals surface area contributed by atoms with E-state index in [1.807, 2.05) is 0 Å². The van der Waals surface area contributed by atoms with Crippen molar-refractivity contribution in [3.8, 4) is 0 Å². The zero-order valence-electron chi connectivity index (χ0n) is 4.94. The molecule has 0 N–H and O–H groups in total. The molecular weight excluding hydrogens is 159 g/mol. The quantitative estimate of drug-likeness (QED) is 0.399. The SMILES string of the molecule is C1=CCCC1.O=C(Cl)Cl. The van der Waals surface area contributed by atoms with Crippen LogP contribution in [0.1, 0.15) is 19.3 Å². The Morgan fingerprint density at radius 2 is 1.56 bits per heavy atom. The van der Waals surface area contributed by atoms with Crippen molar-refractivity contribution < 1.29 is 4.79 Å². The molecule has 0 saturated carbocycles. The highest BCUT2D eigenvalue weighted by molar-refractivity contribution is 6.93. The van der Waals surface area contributed by atoms with Crippen LogP contribution in [0.15, 0.2) is 12.2 Å². The van der Waals surface area contributed by atoms with Crippen molar-refractivity contribution in [1.29, 1.82) is 0 Å². The first-order valence-electron chi connectivity index (χ1n) is 2.73. The minimum atomic E-state index is -0.889. The van der Waals surface area contributed by atoms with Crippen LogP contribution in [0.4, 0.5) is 4.79 Å². The van der Waals surface area contributed by atoms with Crippen molar-refractivity contribution in [3.63, 3.8) is 0 Å². The number of allylic oxidation sites excluding steroid dienone is 2. The first-order chi connectivity index (χ1) is 4.23. The number of hydrogen-bond acceptors (Lipinski definition) is 1. The van der Waals surface area contributed by atoms with Crippen molar-refractivity contribution >= 4 is 27.9 Å². The van der Waals surface area contributed by atoms with Crippen molar-refractivity contribution in [2.24, 2.45) is 0 Å². The molecule has 1 aliphatic carbocycles. The Labute approximate surface area is 64.6 Å². The summed E-state index contributed by atoms with van der Waals surface area (Å²) in [4.78, 5) is 8.98. The molecule has 9 heavy (non-hydrogen) atoms. The molecule has 1 rings (SSSR count). The maximum atomic E-state index is 8.98. The zero-order valence-corrected chi connectivity index (χ0v) is 6.45. The van der Waals surface area contributed by atoms with E-state index in [0.29, 0.717) is 0 Å². The molecule has 0 bridgehead atoms. The fourth-order valence-corrected chi connectivity index (χ4v) is 0.589. The van der Waals surface area contributed by atoms with E-state index in [1.165, 1.54) is 19.3 Å². The third-order valence-corrected chi connectivity index (χ3v) is 0.908. The van der Waals surface area contributed by atoms with Gasteiger partial charge in [-0.2, -0.15) is 0 Å². The molecule has 0 unspecified atom stereocenters. The Balaban J connectivity index is 0.000000148. The highest BCUT2D eigenvalue weighted by atomic mass is 35.5. The predicted octanol–water partition coefficient (Wildman–Crippen LogP) is 3.31. The normalized spacial score (nSPS) is 14.4. The van der Waals surface area contributed by atoms with Crippen molar-refractivity contribution in [3.05, 3.63) is 12.2 Å². The van der Waals surface area contributed by atoms with Crippen LogP contribution in [-0.2, 0) is 0 Å². The lowest BCUT2D eigenvalue weighted by Gasteiger charge is -1.69. The number of carbonyl (C=O) groups excluding carboxylic acids is 1. The smallest absolute Gasteiger partial charge is 0.262 e. The Hall–Kier alpha value is -0.0100. The maximum Gasteiger partial charge on any atom is 0.313 e. The summed E-state index contributed by atoms with van der Waals surface area (Å²) >= 11 is 8.80. The molecule has 0 amide bonds. The van der Waals surface area contributed by atoms with Gasteiger partial charge in [-0.25, -0.2) is 0 Å². The fourth-order valence-electron chi connectivity index (χ4n) is 0.589. The van der Waals surface area contributed by atoms with Crippen LogP contribution in [-0.4, -0.2) is 4.70 Å². The third-order valence-electron chi connectivity index (χ3n) is 0.908. The molecule has 52 valence electrons. The van der Waals surface area contributed by atoms with Gasteiger partial charge in [0, 0.05) is 0 Å². The monoisotopic (exact) mass is 166 g/mol. The Morgan fingerprint density at radius 3 is 1.67 bits per heavy atom.